The van der Waals surface area contributed by atoms with Gasteiger partial charge in [0.05, 0.1) is 24.5 Å². The topological polar surface area (TPSA) is 141 Å². The summed E-state index contributed by atoms with van der Waals surface area (Å²) in [5, 5.41) is 14.5. The van der Waals surface area contributed by atoms with Gasteiger partial charge in [0.25, 0.3) is 5.56 Å². The Hall–Kier alpha value is -2.24. The molecule has 0 aromatic carbocycles. The van der Waals surface area contributed by atoms with Crippen LogP contribution in [0.15, 0.2) is 26.7 Å². The van der Waals surface area contributed by atoms with Gasteiger partial charge in [0.2, 0.25) is 10.0 Å². The molecule has 0 radical (unpaired) electrons. The lowest BCUT2D eigenvalue weighted by Crippen LogP contribution is -2.41. The summed E-state index contributed by atoms with van der Waals surface area (Å²) in [6.45, 7) is 0.521. The summed E-state index contributed by atoms with van der Waals surface area (Å²) in [5.41, 5.74) is -0.504. The van der Waals surface area contributed by atoms with Gasteiger partial charge in [-0.1, -0.05) is 0 Å². The number of H-pyrrole nitrogens is 2. The van der Waals surface area contributed by atoms with Crippen molar-refractivity contribution in [2.24, 2.45) is 5.92 Å². The molecule has 1 aliphatic carbocycles. The van der Waals surface area contributed by atoms with Crippen molar-refractivity contribution < 1.29 is 13.5 Å². The maximum Gasteiger partial charge on any atom is 0.325 e. The highest BCUT2D eigenvalue weighted by Crippen LogP contribution is 2.40. The molecule has 2 aliphatic rings. The van der Waals surface area contributed by atoms with Crippen LogP contribution in [0.25, 0.3) is 0 Å². The van der Waals surface area contributed by atoms with Crippen LogP contribution in [-0.4, -0.2) is 44.1 Å². The van der Waals surface area contributed by atoms with Crippen molar-refractivity contribution in [2.75, 3.05) is 6.54 Å². The molecule has 2 aromatic heterocycles. The van der Waals surface area contributed by atoms with E-state index < -0.39 is 32.3 Å². The lowest BCUT2D eigenvalue weighted by atomic mass is 10.1. The molecule has 2 aromatic rings. The smallest absolute Gasteiger partial charge is 0.325 e. The van der Waals surface area contributed by atoms with Gasteiger partial charge in [0, 0.05) is 12.7 Å². The van der Waals surface area contributed by atoms with Crippen molar-refractivity contribution in [3.05, 3.63) is 44.5 Å². The maximum atomic E-state index is 12.7. The zero-order chi connectivity index (χ0) is 17.8. The predicted molar refractivity (Wildman–Crippen MR) is 85.2 cm³/mol. The molecule has 25 heavy (non-hydrogen) atoms. The summed E-state index contributed by atoms with van der Waals surface area (Å²) < 4.78 is 28.2. The fraction of sp³-hybridized carbons (Fsp3) is 0.500. The van der Waals surface area contributed by atoms with Crippen LogP contribution in [-0.2, 0) is 23.1 Å². The Morgan fingerprint density at radius 3 is 2.72 bits per heavy atom. The second kappa shape index (κ2) is 5.64. The monoisotopic (exact) mass is 367 g/mol. The molecule has 0 amide bonds. The van der Waals surface area contributed by atoms with Crippen LogP contribution in [0.1, 0.15) is 30.3 Å². The van der Waals surface area contributed by atoms with E-state index in [1.165, 1.54) is 4.31 Å². The molecule has 1 fully saturated rings. The van der Waals surface area contributed by atoms with E-state index in [1.54, 1.807) is 10.7 Å². The second-order valence-corrected chi connectivity index (χ2v) is 8.25. The molecule has 11 heteroatoms. The number of aromatic amines is 2. The normalized spacial score (nSPS) is 19.6. The van der Waals surface area contributed by atoms with Gasteiger partial charge >= 0.3 is 5.69 Å². The second-order valence-electron chi connectivity index (χ2n) is 6.34. The molecule has 10 nitrogen and oxygen atoms in total. The zero-order valence-corrected chi connectivity index (χ0v) is 14.0. The number of aliphatic hydroxyl groups excluding tert-OH is 1. The van der Waals surface area contributed by atoms with Crippen LogP contribution < -0.4 is 11.2 Å². The Kier molecular flexibility index (Phi) is 3.67. The quantitative estimate of drug-likeness (QED) is 0.627. The van der Waals surface area contributed by atoms with Gasteiger partial charge in [-0.2, -0.15) is 9.40 Å². The Morgan fingerprint density at radius 1 is 1.28 bits per heavy atom. The van der Waals surface area contributed by atoms with Crippen LogP contribution in [0, 0.1) is 5.92 Å². The number of hydrogen-bond acceptors (Lipinski definition) is 6. The molecule has 1 atom stereocenters. The minimum Gasteiger partial charge on any atom is -0.386 e. The number of rotatable bonds is 4. The number of nitrogens with zero attached hydrogens (tertiary/aromatic N) is 3. The molecule has 3 N–H and O–H groups in total. The highest BCUT2D eigenvalue weighted by molar-refractivity contribution is 7.89. The molecule has 1 aliphatic heterocycles. The number of hydrogen-bond donors (Lipinski definition) is 3. The fourth-order valence-corrected chi connectivity index (χ4v) is 4.39. The van der Waals surface area contributed by atoms with E-state index in [0.29, 0.717) is 17.9 Å². The van der Waals surface area contributed by atoms with Crippen LogP contribution >= 0.6 is 0 Å². The number of aliphatic hydroxyl groups is 1. The van der Waals surface area contributed by atoms with Gasteiger partial charge in [0.15, 0.2) is 4.90 Å². The predicted octanol–water partition coefficient (Wildman–Crippen LogP) is -1.09. The summed E-state index contributed by atoms with van der Waals surface area (Å²) >= 11 is 0. The van der Waals surface area contributed by atoms with Crippen LogP contribution in [0.4, 0.5) is 0 Å². The Bertz CT molecular complexity index is 1030. The SMILES string of the molecule is O=c1[nH]cc(S(=O)(=O)N2CCn3nc([C@H](O)C4CC4)cc3C2)c(=O)[nH]1. The summed E-state index contributed by atoms with van der Waals surface area (Å²) in [6, 6.07) is 1.71. The fourth-order valence-electron chi connectivity index (χ4n) is 3.00. The number of nitrogens with one attached hydrogen (secondary N) is 2. The van der Waals surface area contributed by atoms with E-state index in [-0.39, 0.29) is 19.0 Å². The van der Waals surface area contributed by atoms with Crippen molar-refractivity contribution in [3.8, 4) is 0 Å². The Balaban J connectivity index is 1.63. The minimum atomic E-state index is -4.05. The first-order valence-electron chi connectivity index (χ1n) is 7.93. The highest BCUT2D eigenvalue weighted by atomic mass is 32.2. The summed E-state index contributed by atoms with van der Waals surface area (Å²) in [6.07, 6.45) is 2.23. The molecule has 0 saturated heterocycles. The number of aromatic nitrogens is 4. The average molecular weight is 367 g/mol. The zero-order valence-electron chi connectivity index (χ0n) is 13.2. The van der Waals surface area contributed by atoms with E-state index in [4.69, 9.17) is 0 Å². The Morgan fingerprint density at radius 2 is 2.04 bits per heavy atom. The lowest BCUT2D eigenvalue weighted by Gasteiger charge is -2.26. The summed E-state index contributed by atoms with van der Waals surface area (Å²) in [5.74, 6) is 0.233. The van der Waals surface area contributed by atoms with Crippen molar-refractivity contribution in [1.29, 1.82) is 0 Å². The van der Waals surface area contributed by atoms with Gasteiger partial charge in [-0.3, -0.25) is 14.5 Å². The third kappa shape index (κ3) is 2.83. The highest BCUT2D eigenvalue weighted by Gasteiger charge is 2.35. The minimum absolute atomic E-state index is 0.0469. The number of fused-ring (bicyclic) bond motifs is 1. The summed E-state index contributed by atoms with van der Waals surface area (Å²) in [7, 11) is -4.05. The van der Waals surface area contributed by atoms with Crippen LogP contribution in [0.2, 0.25) is 0 Å². The van der Waals surface area contributed by atoms with Gasteiger partial charge < -0.3 is 10.1 Å². The largest absolute Gasteiger partial charge is 0.386 e. The molecule has 134 valence electrons. The van der Waals surface area contributed by atoms with E-state index in [9.17, 15) is 23.1 Å². The molecule has 0 bridgehead atoms. The average Bonchev–Trinajstić information content (AvgIpc) is 3.31. The first-order chi connectivity index (χ1) is 11.9. The molecular weight excluding hydrogens is 350 g/mol. The van der Waals surface area contributed by atoms with Crippen LogP contribution in [0.3, 0.4) is 0 Å². The van der Waals surface area contributed by atoms with E-state index in [2.05, 4.69) is 10.1 Å². The molecule has 4 rings (SSSR count). The van der Waals surface area contributed by atoms with E-state index in [0.717, 1.165) is 19.0 Å². The molecule has 0 spiro atoms. The molecule has 1 saturated carbocycles. The van der Waals surface area contributed by atoms with Gasteiger partial charge in [-0.25, -0.2) is 13.2 Å². The van der Waals surface area contributed by atoms with Gasteiger partial charge in [-0.05, 0) is 24.8 Å². The van der Waals surface area contributed by atoms with Gasteiger partial charge in [-0.15, -0.1) is 0 Å². The number of sulfonamides is 1. The first-order valence-corrected chi connectivity index (χ1v) is 9.37. The Labute approximate surface area is 142 Å². The molecule has 3 heterocycles. The van der Waals surface area contributed by atoms with Crippen molar-refractivity contribution in [3.63, 3.8) is 0 Å². The third-order valence-corrected chi connectivity index (χ3v) is 6.41. The van der Waals surface area contributed by atoms with Crippen molar-refractivity contribution >= 4 is 10.0 Å². The van der Waals surface area contributed by atoms with Crippen molar-refractivity contribution in [1.82, 2.24) is 24.1 Å². The molecular formula is C14H17N5O5S. The lowest BCUT2D eigenvalue weighted by molar-refractivity contribution is 0.148. The van der Waals surface area contributed by atoms with Gasteiger partial charge in [0.1, 0.15) is 6.10 Å². The standard InChI is InChI=1S/C14H17N5O5S/c20-12(8-1-2-8)10-5-9-7-18(3-4-19(9)17-10)25(23,24)11-6-15-14(22)16-13(11)21/h5-6,8,12,20H,1-4,7H2,(H2,15,16,21,22)/t12-/m1/s1. The van der Waals surface area contributed by atoms with E-state index >= 15 is 0 Å². The summed E-state index contributed by atoms with van der Waals surface area (Å²) in [4.78, 5) is 26.5. The first kappa shape index (κ1) is 16.2. The molecule has 0 unspecified atom stereocenters. The third-order valence-electron chi connectivity index (χ3n) is 4.56. The van der Waals surface area contributed by atoms with E-state index in [1.807, 2.05) is 4.98 Å². The maximum absolute atomic E-state index is 12.7. The van der Waals surface area contributed by atoms with Crippen LogP contribution in [0.5, 0.6) is 0 Å². The van der Waals surface area contributed by atoms with Crippen molar-refractivity contribution in [2.45, 2.75) is 36.9 Å².